The maximum atomic E-state index is 13.5. The lowest BCUT2D eigenvalue weighted by Gasteiger charge is -2.44. The van der Waals surface area contributed by atoms with Crippen LogP contribution in [-0.4, -0.2) is 34.6 Å². The second kappa shape index (κ2) is 3.82. The van der Waals surface area contributed by atoms with Crippen LogP contribution in [0.4, 0.5) is 4.39 Å². The highest BCUT2D eigenvalue weighted by atomic mass is 79.9. The molecule has 1 aliphatic heterocycles. The summed E-state index contributed by atoms with van der Waals surface area (Å²) in [6, 6.07) is 4.31. The molecular weight excluding hydrogens is 277 g/mol. The third-order valence-electron chi connectivity index (χ3n) is 2.51. The lowest BCUT2D eigenvalue weighted by Crippen LogP contribution is -2.61. The Morgan fingerprint density at radius 1 is 1.56 bits per heavy atom. The Morgan fingerprint density at radius 2 is 2.19 bits per heavy atom. The SMILES string of the molecule is CC1(O)CN(C(=O)c2ccc(Br)cc2F)C1. The van der Waals surface area contributed by atoms with Crippen LogP contribution in [0.2, 0.25) is 0 Å². The van der Waals surface area contributed by atoms with E-state index in [1.165, 1.54) is 17.0 Å². The maximum Gasteiger partial charge on any atom is 0.257 e. The van der Waals surface area contributed by atoms with Crippen molar-refractivity contribution in [1.82, 2.24) is 4.90 Å². The summed E-state index contributed by atoms with van der Waals surface area (Å²) in [6.45, 7) is 2.15. The van der Waals surface area contributed by atoms with Gasteiger partial charge in [0.05, 0.1) is 24.3 Å². The van der Waals surface area contributed by atoms with Gasteiger partial charge in [0.1, 0.15) is 5.82 Å². The Bertz CT molecular complexity index is 440. The third-order valence-corrected chi connectivity index (χ3v) is 3.00. The van der Waals surface area contributed by atoms with Crippen molar-refractivity contribution in [2.24, 2.45) is 0 Å². The first kappa shape index (κ1) is 11.5. The van der Waals surface area contributed by atoms with Crippen molar-refractivity contribution < 1.29 is 14.3 Å². The standard InChI is InChI=1S/C11H11BrFNO2/c1-11(16)5-14(6-11)10(15)8-3-2-7(12)4-9(8)13/h2-4,16H,5-6H2,1H3. The average molecular weight is 288 g/mol. The summed E-state index contributed by atoms with van der Waals surface area (Å²) in [5.74, 6) is -0.928. The fraction of sp³-hybridized carbons (Fsp3) is 0.364. The highest BCUT2D eigenvalue weighted by Gasteiger charge is 2.40. The van der Waals surface area contributed by atoms with Gasteiger partial charge < -0.3 is 10.0 Å². The first-order valence-electron chi connectivity index (χ1n) is 4.86. The molecule has 1 amide bonds. The quantitative estimate of drug-likeness (QED) is 0.856. The minimum Gasteiger partial charge on any atom is -0.386 e. The lowest BCUT2D eigenvalue weighted by molar-refractivity contribution is -0.0670. The number of rotatable bonds is 1. The van der Waals surface area contributed by atoms with E-state index in [9.17, 15) is 14.3 Å². The second-order valence-corrected chi connectivity index (χ2v) is 5.20. The predicted octanol–water partition coefficient (Wildman–Crippen LogP) is 1.80. The molecule has 0 aromatic heterocycles. The van der Waals surface area contributed by atoms with Crippen molar-refractivity contribution in [3.8, 4) is 0 Å². The summed E-state index contributed by atoms with van der Waals surface area (Å²) < 4.78 is 14.1. The Morgan fingerprint density at radius 3 is 2.69 bits per heavy atom. The van der Waals surface area contributed by atoms with Crippen molar-refractivity contribution in [2.75, 3.05) is 13.1 Å². The fourth-order valence-electron chi connectivity index (χ4n) is 1.75. The van der Waals surface area contributed by atoms with Crippen molar-refractivity contribution in [2.45, 2.75) is 12.5 Å². The van der Waals surface area contributed by atoms with E-state index in [4.69, 9.17) is 0 Å². The van der Waals surface area contributed by atoms with Crippen LogP contribution in [0.3, 0.4) is 0 Å². The predicted molar refractivity (Wildman–Crippen MR) is 60.6 cm³/mol. The first-order valence-corrected chi connectivity index (χ1v) is 5.65. The number of carbonyl (C=O) groups is 1. The molecule has 0 spiro atoms. The van der Waals surface area contributed by atoms with Gasteiger partial charge in [-0.3, -0.25) is 4.79 Å². The van der Waals surface area contributed by atoms with E-state index in [1.54, 1.807) is 13.0 Å². The molecule has 1 heterocycles. The molecule has 16 heavy (non-hydrogen) atoms. The monoisotopic (exact) mass is 287 g/mol. The minimum atomic E-state index is -0.832. The number of likely N-dealkylation sites (tertiary alicyclic amines) is 1. The molecule has 1 saturated heterocycles. The molecule has 0 bridgehead atoms. The van der Waals surface area contributed by atoms with E-state index < -0.39 is 11.4 Å². The third kappa shape index (κ3) is 2.10. The van der Waals surface area contributed by atoms with Gasteiger partial charge in [-0.2, -0.15) is 0 Å². The Balaban J connectivity index is 2.16. The van der Waals surface area contributed by atoms with E-state index in [-0.39, 0.29) is 24.6 Å². The molecule has 0 saturated carbocycles. The minimum absolute atomic E-state index is 0.0405. The number of β-amino-alcohol motifs (C(OH)–C–C–N with tert-alkyl or cyclic N) is 1. The molecule has 0 unspecified atom stereocenters. The molecule has 86 valence electrons. The zero-order valence-electron chi connectivity index (χ0n) is 8.70. The zero-order chi connectivity index (χ0) is 11.9. The van der Waals surface area contributed by atoms with Crippen LogP contribution in [0.5, 0.6) is 0 Å². The van der Waals surface area contributed by atoms with Gasteiger partial charge in [-0.1, -0.05) is 15.9 Å². The number of halogens is 2. The van der Waals surface area contributed by atoms with Crippen LogP contribution in [-0.2, 0) is 0 Å². The van der Waals surface area contributed by atoms with Gasteiger partial charge in [-0.05, 0) is 25.1 Å². The molecule has 0 atom stereocenters. The maximum absolute atomic E-state index is 13.5. The normalized spacial score (nSPS) is 18.1. The van der Waals surface area contributed by atoms with Crippen LogP contribution in [0.15, 0.2) is 22.7 Å². The second-order valence-electron chi connectivity index (χ2n) is 4.28. The number of nitrogens with zero attached hydrogens (tertiary/aromatic N) is 1. The van der Waals surface area contributed by atoms with Gasteiger partial charge in [0.15, 0.2) is 0 Å². The van der Waals surface area contributed by atoms with Crippen LogP contribution >= 0.6 is 15.9 Å². The Kier molecular flexibility index (Phi) is 2.75. The number of aliphatic hydroxyl groups is 1. The Hall–Kier alpha value is -0.940. The fourth-order valence-corrected chi connectivity index (χ4v) is 2.09. The highest BCUT2D eigenvalue weighted by Crippen LogP contribution is 2.24. The van der Waals surface area contributed by atoms with Crippen LogP contribution in [0, 0.1) is 5.82 Å². The lowest BCUT2D eigenvalue weighted by atomic mass is 9.96. The number of amides is 1. The van der Waals surface area contributed by atoms with Crippen molar-refractivity contribution >= 4 is 21.8 Å². The van der Waals surface area contributed by atoms with E-state index in [1.807, 2.05) is 0 Å². The van der Waals surface area contributed by atoms with Crippen molar-refractivity contribution in [1.29, 1.82) is 0 Å². The molecular formula is C11H11BrFNO2. The van der Waals surface area contributed by atoms with E-state index >= 15 is 0 Å². The van der Waals surface area contributed by atoms with E-state index in [2.05, 4.69) is 15.9 Å². The van der Waals surface area contributed by atoms with Gasteiger partial charge in [0.25, 0.3) is 5.91 Å². The topological polar surface area (TPSA) is 40.5 Å². The largest absolute Gasteiger partial charge is 0.386 e. The Labute approximate surface area is 101 Å². The smallest absolute Gasteiger partial charge is 0.257 e. The molecule has 1 aromatic carbocycles. The summed E-state index contributed by atoms with van der Waals surface area (Å²) in [5.41, 5.74) is -0.791. The molecule has 1 N–H and O–H groups in total. The molecule has 0 aliphatic carbocycles. The van der Waals surface area contributed by atoms with Gasteiger partial charge in [-0.25, -0.2) is 4.39 Å². The summed E-state index contributed by atoms with van der Waals surface area (Å²) in [7, 11) is 0. The number of benzene rings is 1. The molecule has 1 fully saturated rings. The van der Waals surface area contributed by atoms with Gasteiger partial charge in [0.2, 0.25) is 0 Å². The van der Waals surface area contributed by atoms with Crippen LogP contribution < -0.4 is 0 Å². The van der Waals surface area contributed by atoms with Gasteiger partial charge >= 0.3 is 0 Å². The van der Waals surface area contributed by atoms with E-state index in [0.717, 1.165) is 0 Å². The molecule has 1 aromatic rings. The highest BCUT2D eigenvalue weighted by molar-refractivity contribution is 9.10. The van der Waals surface area contributed by atoms with Crippen molar-refractivity contribution in [3.63, 3.8) is 0 Å². The molecule has 5 heteroatoms. The summed E-state index contributed by atoms with van der Waals surface area (Å²) in [5, 5.41) is 9.50. The zero-order valence-corrected chi connectivity index (χ0v) is 10.3. The average Bonchev–Trinajstić information content (AvgIpc) is 2.13. The molecule has 2 rings (SSSR count). The summed E-state index contributed by atoms with van der Waals surface area (Å²) in [6.07, 6.45) is 0. The van der Waals surface area contributed by atoms with Crippen LogP contribution in [0.25, 0.3) is 0 Å². The molecule has 3 nitrogen and oxygen atoms in total. The van der Waals surface area contributed by atoms with Crippen LogP contribution in [0.1, 0.15) is 17.3 Å². The molecule has 1 aliphatic rings. The number of hydrogen-bond acceptors (Lipinski definition) is 2. The summed E-state index contributed by atoms with van der Waals surface area (Å²) in [4.78, 5) is 13.2. The number of hydrogen-bond donors (Lipinski definition) is 1. The first-order chi connectivity index (χ1) is 7.39. The summed E-state index contributed by atoms with van der Waals surface area (Å²) >= 11 is 3.13. The molecule has 0 radical (unpaired) electrons. The van der Waals surface area contributed by atoms with E-state index in [0.29, 0.717) is 4.47 Å². The van der Waals surface area contributed by atoms with Gasteiger partial charge in [0, 0.05) is 4.47 Å². The van der Waals surface area contributed by atoms with Crippen molar-refractivity contribution in [3.05, 3.63) is 34.1 Å². The number of carbonyl (C=O) groups excluding carboxylic acids is 1. The van der Waals surface area contributed by atoms with Gasteiger partial charge in [-0.15, -0.1) is 0 Å².